The third-order valence-corrected chi connectivity index (χ3v) is 2.99. The SMILES string of the molecule is O=S1(=O)C=NC=Nc2ccccc21. The van der Waals surface area contributed by atoms with Crippen molar-refractivity contribution in [3.63, 3.8) is 0 Å². The molecular formula is C8H6N2O2S. The Morgan fingerprint density at radius 2 is 1.92 bits per heavy atom. The van der Waals surface area contributed by atoms with Crippen LogP contribution in [0, 0.1) is 0 Å². The molecule has 0 unspecified atom stereocenters. The lowest BCUT2D eigenvalue weighted by atomic mass is 10.3. The van der Waals surface area contributed by atoms with Crippen LogP contribution in [0.25, 0.3) is 0 Å². The Bertz CT molecular complexity index is 489. The van der Waals surface area contributed by atoms with Crippen molar-refractivity contribution >= 4 is 27.4 Å². The zero-order valence-electron chi connectivity index (χ0n) is 6.58. The van der Waals surface area contributed by atoms with Crippen LogP contribution in [0.3, 0.4) is 0 Å². The Hall–Kier alpha value is -1.49. The molecule has 4 nitrogen and oxygen atoms in total. The summed E-state index contributed by atoms with van der Waals surface area (Å²) in [7, 11) is -3.40. The van der Waals surface area contributed by atoms with Crippen LogP contribution < -0.4 is 0 Å². The zero-order chi connectivity index (χ0) is 9.31. The summed E-state index contributed by atoms with van der Waals surface area (Å²) in [6.45, 7) is 0. The van der Waals surface area contributed by atoms with E-state index in [2.05, 4.69) is 9.98 Å². The molecule has 0 radical (unpaired) electrons. The van der Waals surface area contributed by atoms with Gasteiger partial charge in [0.2, 0.25) is 9.84 Å². The zero-order valence-corrected chi connectivity index (χ0v) is 7.40. The molecule has 13 heavy (non-hydrogen) atoms. The summed E-state index contributed by atoms with van der Waals surface area (Å²) in [6.07, 6.45) is 1.23. The van der Waals surface area contributed by atoms with Crippen molar-refractivity contribution in [3.05, 3.63) is 24.3 Å². The molecule has 1 heterocycles. The Labute approximate surface area is 75.6 Å². The lowest BCUT2D eigenvalue weighted by Gasteiger charge is -1.99. The molecule has 0 saturated heterocycles. The number of benzene rings is 1. The third kappa shape index (κ3) is 1.38. The van der Waals surface area contributed by atoms with Crippen molar-refractivity contribution in [2.24, 2.45) is 9.98 Å². The maximum absolute atomic E-state index is 11.5. The number of sulfone groups is 1. The van der Waals surface area contributed by atoms with E-state index in [-0.39, 0.29) is 4.90 Å². The van der Waals surface area contributed by atoms with E-state index in [0.717, 1.165) is 5.55 Å². The average Bonchev–Trinajstić information content (AvgIpc) is 2.26. The monoisotopic (exact) mass is 194 g/mol. The second kappa shape index (κ2) is 2.77. The summed E-state index contributed by atoms with van der Waals surface area (Å²) in [5.74, 6) is 0. The summed E-state index contributed by atoms with van der Waals surface area (Å²) >= 11 is 0. The van der Waals surface area contributed by atoms with E-state index < -0.39 is 9.84 Å². The van der Waals surface area contributed by atoms with Crippen LogP contribution in [-0.2, 0) is 9.84 Å². The standard InChI is InChI=1S/C8H6N2O2S/c11-13(12)6-9-5-10-7-3-1-2-4-8(7)13/h1-6H. The first kappa shape index (κ1) is 8.12. The number of aliphatic imine (C=N–C) groups is 2. The molecule has 0 fully saturated rings. The second-order valence-corrected chi connectivity index (χ2v) is 4.25. The first-order valence-corrected chi connectivity index (χ1v) is 5.15. The van der Waals surface area contributed by atoms with Gasteiger partial charge in [-0.2, -0.15) is 0 Å². The Kier molecular flexibility index (Phi) is 1.73. The molecule has 1 aromatic rings. The van der Waals surface area contributed by atoms with Crippen molar-refractivity contribution in [1.29, 1.82) is 0 Å². The molecule has 5 heteroatoms. The molecule has 1 aliphatic heterocycles. The molecule has 1 aromatic carbocycles. The lowest BCUT2D eigenvalue weighted by Crippen LogP contribution is -2.00. The van der Waals surface area contributed by atoms with Crippen LogP contribution in [0.5, 0.6) is 0 Å². The van der Waals surface area contributed by atoms with Gasteiger partial charge in [0.25, 0.3) is 0 Å². The van der Waals surface area contributed by atoms with Gasteiger partial charge in [0.05, 0.1) is 10.6 Å². The second-order valence-electron chi connectivity index (χ2n) is 2.51. The van der Waals surface area contributed by atoms with Gasteiger partial charge in [-0.25, -0.2) is 18.4 Å². The van der Waals surface area contributed by atoms with E-state index in [1.807, 2.05) is 0 Å². The van der Waals surface area contributed by atoms with Gasteiger partial charge in [-0.3, -0.25) is 0 Å². The van der Waals surface area contributed by atoms with Gasteiger partial charge >= 0.3 is 0 Å². The molecule has 0 atom stereocenters. The predicted octanol–water partition coefficient (Wildman–Crippen LogP) is 1.16. The lowest BCUT2D eigenvalue weighted by molar-refractivity contribution is 0.608. The molecule has 2 rings (SSSR count). The minimum absolute atomic E-state index is 0.201. The Morgan fingerprint density at radius 3 is 2.77 bits per heavy atom. The maximum atomic E-state index is 11.5. The Balaban J connectivity index is 2.79. The van der Waals surface area contributed by atoms with Gasteiger partial charge in [-0.05, 0) is 12.1 Å². The molecule has 0 bridgehead atoms. The van der Waals surface area contributed by atoms with Gasteiger partial charge in [-0.15, -0.1) is 0 Å². The van der Waals surface area contributed by atoms with E-state index in [1.165, 1.54) is 12.4 Å². The quantitative estimate of drug-likeness (QED) is 0.622. The molecular weight excluding hydrogens is 188 g/mol. The van der Waals surface area contributed by atoms with Crippen LogP contribution in [0.1, 0.15) is 0 Å². The van der Waals surface area contributed by atoms with Crippen molar-refractivity contribution in [2.45, 2.75) is 4.90 Å². The van der Waals surface area contributed by atoms with Crippen LogP contribution in [0.2, 0.25) is 0 Å². The third-order valence-electron chi connectivity index (χ3n) is 1.63. The van der Waals surface area contributed by atoms with Crippen molar-refractivity contribution in [1.82, 2.24) is 0 Å². The van der Waals surface area contributed by atoms with E-state index in [0.29, 0.717) is 5.69 Å². The van der Waals surface area contributed by atoms with Crippen molar-refractivity contribution < 1.29 is 8.42 Å². The fourth-order valence-corrected chi connectivity index (χ4v) is 2.07. The summed E-state index contributed by atoms with van der Waals surface area (Å²) in [5, 5.41) is 0. The van der Waals surface area contributed by atoms with E-state index in [4.69, 9.17) is 0 Å². The molecule has 0 saturated carbocycles. The highest BCUT2D eigenvalue weighted by Crippen LogP contribution is 2.24. The predicted molar refractivity (Wildman–Crippen MR) is 50.3 cm³/mol. The molecule has 0 aromatic heterocycles. The number of hydrogen-bond acceptors (Lipinski definition) is 4. The van der Waals surface area contributed by atoms with Crippen molar-refractivity contribution in [3.8, 4) is 0 Å². The van der Waals surface area contributed by atoms with E-state index in [9.17, 15) is 8.42 Å². The first-order chi connectivity index (χ1) is 6.20. The van der Waals surface area contributed by atoms with Gasteiger partial charge in [-0.1, -0.05) is 12.1 Å². The minimum Gasteiger partial charge on any atom is -0.236 e. The van der Waals surface area contributed by atoms with Gasteiger partial charge in [0.1, 0.15) is 11.9 Å². The highest BCUT2D eigenvalue weighted by Gasteiger charge is 2.16. The molecule has 66 valence electrons. The molecule has 0 amide bonds. The number of rotatable bonds is 0. The fraction of sp³-hybridized carbons (Fsp3) is 0. The Morgan fingerprint density at radius 1 is 1.15 bits per heavy atom. The van der Waals surface area contributed by atoms with Crippen LogP contribution in [0.4, 0.5) is 5.69 Å². The number of fused-ring (bicyclic) bond motifs is 1. The highest BCUT2D eigenvalue weighted by atomic mass is 32.2. The number of hydrogen-bond donors (Lipinski definition) is 0. The average molecular weight is 194 g/mol. The summed E-state index contributed by atoms with van der Waals surface area (Å²) < 4.78 is 22.9. The van der Waals surface area contributed by atoms with Gasteiger partial charge in [0, 0.05) is 0 Å². The van der Waals surface area contributed by atoms with E-state index in [1.54, 1.807) is 18.2 Å². The maximum Gasteiger partial charge on any atom is 0.219 e. The minimum atomic E-state index is -3.40. The largest absolute Gasteiger partial charge is 0.236 e. The summed E-state index contributed by atoms with van der Waals surface area (Å²) in [5.41, 5.74) is 1.34. The van der Waals surface area contributed by atoms with E-state index >= 15 is 0 Å². The van der Waals surface area contributed by atoms with Crippen molar-refractivity contribution in [2.75, 3.05) is 0 Å². The van der Waals surface area contributed by atoms with Crippen LogP contribution in [0.15, 0.2) is 39.1 Å². The number of nitrogens with zero attached hydrogens (tertiary/aromatic N) is 2. The van der Waals surface area contributed by atoms with Gasteiger partial charge in [0.15, 0.2) is 0 Å². The molecule has 0 N–H and O–H groups in total. The first-order valence-electron chi connectivity index (χ1n) is 3.60. The summed E-state index contributed by atoms with van der Waals surface area (Å²) in [6, 6.07) is 6.54. The van der Waals surface area contributed by atoms with Crippen LogP contribution >= 0.6 is 0 Å². The van der Waals surface area contributed by atoms with Crippen LogP contribution in [-0.4, -0.2) is 20.3 Å². The summed E-state index contributed by atoms with van der Waals surface area (Å²) in [4.78, 5) is 7.62. The highest BCUT2D eigenvalue weighted by molar-refractivity contribution is 8.04. The molecule has 0 aliphatic carbocycles. The number of para-hydroxylation sites is 1. The normalized spacial score (nSPS) is 17.8. The van der Waals surface area contributed by atoms with Gasteiger partial charge < -0.3 is 0 Å². The molecule has 0 spiro atoms. The fourth-order valence-electron chi connectivity index (χ4n) is 1.06. The molecule has 1 aliphatic rings. The smallest absolute Gasteiger partial charge is 0.219 e. The topological polar surface area (TPSA) is 58.9 Å².